The summed E-state index contributed by atoms with van der Waals surface area (Å²) in [6.45, 7) is 7.00. The van der Waals surface area contributed by atoms with Crippen molar-refractivity contribution >= 4 is 17.9 Å². The van der Waals surface area contributed by atoms with Crippen molar-refractivity contribution in [3.63, 3.8) is 0 Å². The van der Waals surface area contributed by atoms with Crippen molar-refractivity contribution in [1.82, 2.24) is 24.9 Å². The fourth-order valence-electron chi connectivity index (χ4n) is 6.65. The molecule has 204 valence electrons. The summed E-state index contributed by atoms with van der Waals surface area (Å²) >= 11 is 0. The van der Waals surface area contributed by atoms with Crippen LogP contribution in [0, 0.1) is 23.2 Å². The lowest BCUT2D eigenvalue weighted by atomic mass is 9.95. The van der Waals surface area contributed by atoms with Crippen molar-refractivity contribution in [3.8, 4) is 17.2 Å². The van der Waals surface area contributed by atoms with E-state index in [1.165, 1.54) is 0 Å². The number of nitriles is 1. The first-order valence-electron chi connectivity index (χ1n) is 13.5. The Bertz CT molecular complexity index is 1530. The predicted octanol–water partition coefficient (Wildman–Crippen LogP) is 3.55. The summed E-state index contributed by atoms with van der Waals surface area (Å²) < 4.78 is 12.8. The van der Waals surface area contributed by atoms with Gasteiger partial charge in [-0.2, -0.15) is 5.26 Å². The first-order valence-corrected chi connectivity index (χ1v) is 13.5. The van der Waals surface area contributed by atoms with Crippen LogP contribution in [0.5, 0.6) is 0 Å². The van der Waals surface area contributed by atoms with Gasteiger partial charge in [-0.3, -0.25) is 9.88 Å². The summed E-state index contributed by atoms with van der Waals surface area (Å²) in [5.74, 6) is 0.115. The zero-order chi connectivity index (χ0) is 27.8. The van der Waals surface area contributed by atoms with E-state index in [1.807, 2.05) is 51.2 Å². The summed E-state index contributed by atoms with van der Waals surface area (Å²) in [5, 5.41) is 18.0. The van der Waals surface area contributed by atoms with Gasteiger partial charge in [-0.1, -0.05) is 17.3 Å². The Morgan fingerprint density at radius 1 is 1.20 bits per heavy atom. The van der Waals surface area contributed by atoms with Gasteiger partial charge in [0.05, 0.1) is 36.2 Å². The molecule has 3 fully saturated rings. The highest BCUT2D eigenvalue weighted by Crippen LogP contribution is 2.63. The van der Waals surface area contributed by atoms with E-state index in [9.17, 15) is 14.9 Å². The van der Waals surface area contributed by atoms with Crippen LogP contribution in [-0.4, -0.2) is 67.9 Å². The molecule has 4 aliphatic rings. The van der Waals surface area contributed by atoms with Crippen molar-refractivity contribution in [3.05, 3.63) is 60.2 Å². The Balaban J connectivity index is 1.06. The Kier molecular flexibility index (Phi) is 5.23. The van der Waals surface area contributed by atoms with E-state index < -0.39 is 11.0 Å². The third kappa shape index (κ3) is 3.73. The number of rotatable bonds is 4. The standard InChI is InChI=1S/C29H29N7O4/c1-28(2,3)40-26(37)34-13-20-21(14-34)29(20,16-30)25-7-5-18(12-31-25)17-4-6-22-19(10-17)11-23-24(39-27(38)36(22)23)15-35-9-8-32-33-35/h4-10,12,20-21,23-24H,11,13-15H2,1-3H3/t20?,21?,23-,24?,29?/m0/s1. The minimum atomic E-state index is -0.667. The maximum Gasteiger partial charge on any atom is 0.415 e. The van der Waals surface area contributed by atoms with E-state index in [0.29, 0.717) is 26.1 Å². The fraction of sp³-hybridized carbons (Fsp3) is 0.448. The highest BCUT2D eigenvalue weighted by molar-refractivity contribution is 5.94. The largest absolute Gasteiger partial charge is 0.444 e. The molecule has 3 aliphatic heterocycles. The molecule has 11 nitrogen and oxygen atoms in total. The van der Waals surface area contributed by atoms with Crippen LogP contribution in [-0.2, 0) is 27.9 Å². The number of hydrogen-bond acceptors (Lipinski definition) is 8. The van der Waals surface area contributed by atoms with Crippen LogP contribution < -0.4 is 4.90 Å². The summed E-state index contributed by atoms with van der Waals surface area (Å²) in [6, 6.07) is 12.4. The molecule has 0 radical (unpaired) electrons. The number of carbonyl (C=O) groups excluding carboxylic acids is 2. The van der Waals surface area contributed by atoms with Gasteiger partial charge in [-0.15, -0.1) is 5.10 Å². The highest BCUT2D eigenvalue weighted by Gasteiger charge is 2.71. The molecule has 0 bridgehead atoms. The van der Waals surface area contributed by atoms with Gasteiger partial charge >= 0.3 is 12.2 Å². The number of benzene rings is 1. The predicted molar refractivity (Wildman–Crippen MR) is 142 cm³/mol. The first-order chi connectivity index (χ1) is 19.2. The Morgan fingerprint density at radius 3 is 2.62 bits per heavy atom. The number of fused-ring (bicyclic) bond motifs is 4. The van der Waals surface area contributed by atoms with Crippen molar-refractivity contribution in [2.24, 2.45) is 11.8 Å². The molecule has 0 spiro atoms. The summed E-state index contributed by atoms with van der Waals surface area (Å²) in [5.41, 5.74) is 3.42. The second kappa shape index (κ2) is 8.52. The molecule has 2 aromatic heterocycles. The zero-order valence-corrected chi connectivity index (χ0v) is 22.5. The molecule has 40 heavy (non-hydrogen) atoms. The first kappa shape index (κ1) is 24.6. The number of cyclic esters (lactones) is 1. The average Bonchev–Trinajstić information content (AvgIpc) is 3.51. The lowest BCUT2D eigenvalue weighted by molar-refractivity contribution is 0.0265. The minimum Gasteiger partial charge on any atom is -0.444 e. The molecule has 1 saturated carbocycles. The maximum atomic E-state index is 12.7. The highest BCUT2D eigenvalue weighted by atomic mass is 16.6. The molecule has 0 N–H and O–H groups in total. The third-order valence-electron chi connectivity index (χ3n) is 8.55. The van der Waals surface area contributed by atoms with Crippen molar-refractivity contribution in [2.75, 3.05) is 18.0 Å². The third-order valence-corrected chi connectivity index (χ3v) is 8.55. The van der Waals surface area contributed by atoms with E-state index in [-0.39, 0.29) is 36.2 Å². The molecule has 3 aromatic rings. The van der Waals surface area contributed by atoms with Crippen LogP contribution in [0.3, 0.4) is 0 Å². The number of carbonyl (C=O) groups is 2. The number of nitrogens with zero attached hydrogens (tertiary/aromatic N) is 7. The Morgan fingerprint density at radius 2 is 1.98 bits per heavy atom. The number of anilines is 1. The van der Waals surface area contributed by atoms with Gasteiger partial charge in [0.25, 0.3) is 0 Å². The summed E-state index contributed by atoms with van der Waals surface area (Å²) in [4.78, 5) is 33.3. The van der Waals surface area contributed by atoms with Gasteiger partial charge in [0.1, 0.15) is 17.1 Å². The molecule has 2 saturated heterocycles. The van der Waals surface area contributed by atoms with Gasteiger partial charge < -0.3 is 14.4 Å². The number of ether oxygens (including phenoxy) is 2. The van der Waals surface area contributed by atoms with Gasteiger partial charge in [-0.05, 0) is 56.5 Å². The minimum absolute atomic E-state index is 0.0575. The number of piperidine rings is 1. The number of hydrogen-bond donors (Lipinski definition) is 0. The molecule has 7 rings (SSSR count). The van der Waals surface area contributed by atoms with Gasteiger partial charge in [0.2, 0.25) is 0 Å². The average molecular weight is 540 g/mol. The van der Waals surface area contributed by atoms with Crippen LogP contribution in [0.15, 0.2) is 48.9 Å². The second-order valence-electron chi connectivity index (χ2n) is 12.0. The van der Waals surface area contributed by atoms with Crippen molar-refractivity contribution in [1.29, 1.82) is 5.26 Å². The van der Waals surface area contributed by atoms with E-state index in [1.54, 1.807) is 26.9 Å². The smallest absolute Gasteiger partial charge is 0.415 e. The molecule has 4 atom stereocenters. The lowest BCUT2D eigenvalue weighted by Gasteiger charge is -2.27. The fourth-order valence-corrected chi connectivity index (χ4v) is 6.65. The monoisotopic (exact) mass is 539 g/mol. The Hall–Kier alpha value is -4.46. The van der Waals surface area contributed by atoms with E-state index in [2.05, 4.69) is 22.4 Å². The van der Waals surface area contributed by atoms with Crippen LogP contribution in [0.25, 0.3) is 11.1 Å². The number of aromatic nitrogens is 4. The van der Waals surface area contributed by atoms with Gasteiger partial charge in [0.15, 0.2) is 0 Å². The second-order valence-corrected chi connectivity index (χ2v) is 12.0. The van der Waals surface area contributed by atoms with Crippen LogP contribution in [0.1, 0.15) is 32.0 Å². The molecule has 1 aromatic carbocycles. The van der Waals surface area contributed by atoms with E-state index in [4.69, 9.17) is 14.5 Å². The Labute approximate surface area is 231 Å². The van der Waals surface area contributed by atoms with E-state index in [0.717, 1.165) is 28.1 Å². The van der Waals surface area contributed by atoms with Crippen molar-refractivity contribution < 1.29 is 19.1 Å². The van der Waals surface area contributed by atoms with Crippen molar-refractivity contribution in [2.45, 2.75) is 56.9 Å². The molecule has 2 amide bonds. The number of amides is 2. The maximum absolute atomic E-state index is 12.7. The summed E-state index contributed by atoms with van der Waals surface area (Å²) in [6.07, 6.45) is 4.89. The van der Waals surface area contributed by atoms with E-state index >= 15 is 0 Å². The quantitative estimate of drug-likeness (QED) is 0.493. The molecule has 5 heterocycles. The number of likely N-dealkylation sites (tertiary alicyclic amines) is 1. The molecule has 1 aliphatic carbocycles. The summed E-state index contributed by atoms with van der Waals surface area (Å²) in [7, 11) is 0. The molecule has 3 unspecified atom stereocenters. The van der Waals surface area contributed by atoms with Gasteiger partial charge in [-0.25, -0.2) is 14.3 Å². The zero-order valence-electron chi connectivity index (χ0n) is 22.5. The molecular weight excluding hydrogens is 510 g/mol. The normalized spacial score (nSPS) is 28.0. The van der Waals surface area contributed by atoms with Crippen LogP contribution >= 0.6 is 0 Å². The van der Waals surface area contributed by atoms with Gasteiger partial charge in [0, 0.05) is 42.9 Å². The lowest BCUT2D eigenvalue weighted by Crippen LogP contribution is -2.39. The SMILES string of the molecule is CC(C)(C)OC(=O)N1CC2C(C1)C2(C#N)c1ccc(-c2ccc3c(c2)C[C@H]2C(Cn4ccnn4)OC(=O)N32)cn1. The van der Waals surface area contributed by atoms with Crippen LogP contribution in [0.4, 0.5) is 15.3 Å². The number of pyridine rings is 1. The molecule has 11 heteroatoms. The van der Waals surface area contributed by atoms with Crippen LogP contribution in [0.2, 0.25) is 0 Å². The molecular formula is C29H29N7O4. The topological polar surface area (TPSA) is 126 Å².